The molecule has 0 unspecified atom stereocenters. The van der Waals surface area contributed by atoms with E-state index in [9.17, 15) is 4.79 Å². The summed E-state index contributed by atoms with van der Waals surface area (Å²) in [6, 6.07) is 16.1. The van der Waals surface area contributed by atoms with Gasteiger partial charge in [0.25, 0.3) is 0 Å². The van der Waals surface area contributed by atoms with Gasteiger partial charge in [0, 0.05) is 0 Å². The molecule has 0 radical (unpaired) electrons. The second-order valence-corrected chi connectivity index (χ2v) is 4.46. The maximum atomic E-state index is 12.0. The van der Waals surface area contributed by atoms with E-state index in [1.54, 1.807) is 6.07 Å². The Hall–Kier alpha value is -2.33. The van der Waals surface area contributed by atoms with E-state index in [1.165, 1.54) is 0 Å². The largest absolute Gasteiger partial charge is 0.481 e. The van der Waals surface area contributed by atoms with E-state index in [2.05, 4.69) is 5.32 Å². The average Bonchev–Trinajstić information content (AvgIpc) is 2.58. The molecule has 0 spiro atoms. The molecule has 3 N–H and O–H groups in total. The second kappa shape index (κ2) is 4.74. The Morgan fingerprint density at radius 1 is 1.00 bits per heavy atom. The Balaban J connectivity index is 2.03. The lowest BCUT2D eigenvalue weighted by molar-refractivity contribution is -0.119. The summed E-state index contributed by atoms with van der Waals surface area (Å²) in [5.74, 6) is 0.399. The first-order valence-corrected chi connectivity index (χ1v) is 6.13. The predicted molar refractivity (Wildman–Crippen MR) is 72.9 cm³/mol. The third-order valence-corrected chi connectivity index (χ3v) is 3.16. The van der Waals surface area contributed by atoms with Crippen LogP contribution in [0.1, 0.15) is 11.7 Å². The number of rotatable bonds is 1. The minimum Gasteiger partial charge on any atom is -0.481 e. The topological polar surface area (TPSA) is 64.4 Å². The van der Waals surface area contributed by atoms with Crippen LogP contribution in [-0.4, -0.2) is 11.9 Å². The van der Waals surface area contributed by atoms with Crippen molar-refractivity contribution in [3.8, 4) is 5.75 Å². The number of nitrogens with one attached hydrogen (secondary N) is 1. The van der Waals surface area contributed by atoms with E-state index in [0.29, 0.717) is 11.4 Å². The highest BCUT2D eigenvalue weighted by atomic mass is 16.5. The Bertz CT molecular complexity index is 598. The molecule has 4 heteroatoms. The van der Waals surface area contributed by atoms with Crippen LogP contribution in [0.5, 0.6) is 5.75 Å². The quantitative estimate of drug-likeness (QED) is 0.819. The van der Waals surface area contributed by atoms with E-state index in [1.807, 2.05) is 48.5 Å². The van der Waals surface area contributed by atoms with Gasteiger partial charge in [-0.15, -0.1) is 0 Å². The molecule has 1 aliphatic heterocycles. The van der Waals surface area contributed by atoms with Crippen LogP contribution in [0.15, 0.2) is 54.6 Å². The van der Waals surface area contributed by atoms with Gasteiger partial charge >= 0.3 is 0 Å². The average molecular weight is 254 g/mol. The van der Waals surface area contributed by atoms with Crippen molar-refractivity contribution in [2.75, 3.05) is 5.32 Å². The first-order valence-electron chi connectivity index (χ1n) is 6.13. The maximum absolute atomic E-state index is 12.0. The van der Waals surface area contributed by atoms with Crippen molar-refractivity contribution in [2.45, 2.75) is 12.1 Å². The molecule has 4 nitrogen and oxygen atoms in total. The van der Waals surface area contributed by atoms with Gasteiger partial charge in [-0.05, 0) is 17.7 Å². The molecule has 0 fully saturated rings. The molecular weight excluding hydrogens is 240 g/mol. The Morgan fingerprint density at radius 2 is 1.68 bits per heavy atom. The first-order chi connectivity index (χ1) is 9.25. The van der Waals surface area contributed by atoms with Crippen LogP contribution in [0.25, 0.3) is 0 Å². The molecule has 1 aliphatic rings. The standard InChI is InChI=1S/C15H14N2O2/c16-13-14(10-6-2-1-3-7-10)19-12-9-5-4-8-11(12)17-15(13)18/h1-9,13-14H,16H2,(H,17,18)/t13-,14+/m1/s1. The van der Waals surface area contributed by atoms with Gasteiger partial charge in [-0.25, -0.2) is 0 Å². The molecule has 1 heterocycles. The summed E-state index contributed by atoms with van der Waals surface area (Å²) < 4.78 is 5.92. The molecule has 1 amide bonds. The van der Waals surface area contributed by atoms with E-state index < -0.39 is 12.1 Å². The first kappa shape index (κ1) is 11.7. The molecule has 3 rings (SSSR count). The summed E-state index contributed by atoms with van der Waals surface area (Å²) in [5.41, 5.74) is 7.54. The maximum Gasteiger partial charge on any atom is 0.245 e. The number of amides is 1. The molecule has 19 heavy (non-hydrogen) atoms. The molecule has 2 aromatic rings. The lowest BCUT2D eigenvalue weighted by Gasteiger charge is -2.21. The lowest BCUT2D eigenvalue weighted by atomic mass is 10.0. The van der Waals surface area contributed by atoms with Crippen molar-refractivity contribution < 1.29 is 9.53 Å². The number of hydrogen-bond acceptors (Lipinski definition) is 3. The zero-order chi connectivity index (χ0) is 13.2. The van der Waals surface area contributed by atoms with Crippen molar-refractivity contribution in [3.63, 3.8) is 0 Å². The number of ether oxygens (including phenoxy) is 1. The van der Waals surface area contributed by atoms with Crippen molar-refractivity contribution in [1.82, 2.24) is 0 Å². The van der Waals surface area contributed by atoms with Crippen LogP contribution in [0.4, 0.5) is 5.69 Å². The predicted octanol–water partition coefficient (Wildman–Crippen LogP) is 2.09. The fourth-order valence-electron chi connectivity index (χ4n) is 2.15. The van der Waals surface area contributed by atoms with Crippen LogP contribution < -0.4 is 15.8 Å². The monoisotopic (exact) mass is 254 g/mol. The summed E-state index contributed by atoms with van der Waals surface area (Å²) in [6.45, 7) is 0. The molecule has 0 bridgehead atoms. The molecule has 2 aromatic carbocycles. The summed E-state index contributed by atoms with van der Waals surface area (Å²) in [4.78, 5) is 12.0. The van der Waals surface area contributed by atoms with Crippen LogP contribution in [0, 0.1) is 0 Å². The van der Waals surface area contributed by atoms with E-state index in [0.717, 1.165) is 5.56 Å². The van der Waals surface area contributed by atoms with Crippen LogP contribution in [0.3, 0.4) is 0 Å². The van der Waals surface area contributed by atoms with Crippen molar-refractivity contribution in [3.05, 3.63) is 60.2 Å². The third-order valence-electron chi connectivity index (χ3n) is 3.16. The Kier molecular flexibility index (Phi) is 2.93. The molecule has 0 aromatic heterocycles. The van der Waals surface area contributed by atoms with E-state index in [4.69, 9.17) is 10.5 Å². The summed E-state index contributed by atoms with van der Waals surface area (Å²) >= 11 is 0. The van der Waals surface area contributed by atoms with Crippen LogP contribution >= 0.6 is 0 Å². The number of fused-ring (bicyclic) bond motifs is 1. The van der Waals surface area contributed by atoms with Crippen molar-refractivity contribution in [2.24, 2.45) is 5.73 Å². The fraction of sp³-hybridized carbons (Fsp3) is 0.133. The molecular formula is C15H14N2O2. The van der Waals surface area contributed by atoms with E-state index in [-0.39, 0.29) is 5.91 Å². The zero-order valence-electron chi connectivity index (χ0n) is 10.2. The fourth-order valence-corrected chi connectivity index (χ4v) is 2.15. The van der Waals surface area contributed by atoms with Crippen LogP contribution in [0.2, 0.25) is 0 Å². The Labute approximate surface area is 111 Å². The van der Waals surface area contributed by atoms with Gasteiger partial charge in [0.15, 0.2) is 0 Å². The van der Waals surface area contributed by atoms with Gasteiger partial charge in [-0.3, -0.25) is 4.79 Å². The second-order valence-electron chi connectivity index (χ2n) is 4.46. The number of nitrogens with two attached hydrogens (primary N) is 1. The highest BCUT2D eigenvalue weighted by Crippen LogP contribution is 2.33. The normalized spacial score (nSPS) is 21.8. The minimum atomic E-state index is -0.741. The molecule has 0 aliphatic carbocycles. The Morgan fingerprint density at radius 3 is 2.47 bits per heavy atom. The van der Waals surface area contributed by atoms with Gasteiger partial charge in [0.1, 0.15) is 17.9 Å². The number of hydrogen-bond donors (Lipinski definition) is 2. The molecule has 2 atom stereocenters. The molecule has 0 saturated heterocycles. The highest BCUT2D eigenvalue weighted by molar-refractivity contribution is 5.97. The lowest BCUT2D eigenvalue weighted by Crippen LogP contribution is -2.41. The number of carbonyl (C=O) groups excluding carboxylic acids is 1. The number of anilines is 1. The number of para-hydroxylation sites is 2. The molecule has 96 valence electrons. The number of benzene rings is 2. The van der Waals surface area contributed by atoms with Crippen molar-refractivity contribution >= 4 is 11.6 Å². The smallest absolute Gasteiger partial charge is 0.245 e. The summed E-state index contributed by atoms with van der Waals surface area (Å²) in [6.07, 6.45) is -0.482. The van der Waals surface area contributed by atoms with Crippen molar-refractivity contribution in [1.29, 1.82) is 0 Å². The SMILES string of the molecule is N[C@H]1C(=O)Nc2ccccc2O[C@H]1c1ccccc1. The number of carbonyl (C=O) groups is 1. The van der Waals surface area contributed by atoms with Crippen LogP contribution in [-0.2, 0) is 4.79 Å². The van der Waals surface area contributed by atoms with Gasteiger partial charge in [0.2, 0.25) is 5.91 Å². The van der Waals surface area contributed by atoms with E-state index >= 15 is 0 Å². The highest BCUT2D eigenvalue weighted by Gasteiger charge is 2.31. The zero-order valence-corrected chi connectivity index (χ0v) is 10.2. The minimum absolute atomic E-state index is 0.237. The van der Waals surface area contributed by atoms with Gasteiger partial charge in [-0.1, -0.05) is 42.5 Å². The summed E-state index contributed by atoms with van der Waals surface area (Å²) in [5, 5.41) is 2.78. The van der Waals surface area contributed by atoms with Gasteiger partial charge in [-0.2, -0.15) is 0 Å². The summed E-state index contributed by atoms with van der Waals surface area (Å²) in [7, 11) is 0. The molecule has 0 saturated carbocycles. The van der Waals surface area contributed by atoms with Gasteiger partial charge in [0.05, 0.1) is 5.69 Å². The van der Waals surface area contributed by atoms with Gasteiger partial charge < -0.3 is 15.8 Å². The third kappa shape index (κ3) is 2.18.